The van der Waals surface area contributed by atoms with Gasteiger partial charge in [-0.05, 0) is 56.6 Å². The Morgan fingerprint density at radius 1 is 1.18 bits per heavy atom. The molecule has 9 heteroatoms. The Hall–Kier alpha value is -2.32. The van der Waals surface area contributed by atoms with E-state index in [9.17, 15) is 13.2 Å². The molecule has 4 N–H and O–H groups in total. The second kappa shape index (κ2) is 6.63. The van der Waals surface area contributed by atoms with E-state index in [0.717, 1.165) is 31.7 Å². The van der Waals surface area contributed by atoms with Gasteiger partial charge in [0.1, 0.15) is 5.69 Å². The molecule has 2 fully saturated rings. The molecule has 2 heterocycles. The van der Waals surface area contributed by atoms with Gasteiger partial charge in [-0.15, -0.1) is 0 Å². The van der Waals surface area contributed by atoms with Crippen molar-refractivity contribution in [1.82, 2.24) is 15.6 Å². The zero-order valence-electron chi connectivity index (χ0n) is 15.9. The van der Waals surface area contributed by atoms with Crippen LogP contribution in [0.3, 0.4) is 0 Å². The van der Waals surface area contributed by atoms with Crippen LogP contribution in [0.25, 0.3) is 0 Å². The number of nitrogens with one attached hydrogen (secondary N) is 2. The summed E-state index contributed by atoms with van der Waals surface area (Å²) in [5.41, 5.74) is 4.14. The molecule has 4 rings (SSSR count). The quantitative estimate of drug-likeness (QED) is 0.717. The van der Waals surface area contributed by atoms with E-state index in [-0.39, 0.29) is 23.6 Å². The molecule has 0 spiro atoms. The number of pyridine rings is 1. The SMILES string of the molecule is CC(N=C1NC(N)=NC(c2cccc(C(F)(F)F)n2)(C(C)C2CC2)N1)C1CC1. The molecule has 0 amide bonds. The summed E-state index contributed by atoms with van der Waals surface area (Å²) in [7, 11) is 0. The lowest BCUT2D eigenvalue weighted by Crippen LogP contribution is -2.62. The number of guanidine groups is 2. The molecule has 6 nitrogen and oxygen atoms in total. The second-order valence-electron chi connectivity index (χ2n) is 8.10. The van der Waals surface area contributed by atoms with Crippen LogP contribution in [-0.4, -0.2) is 22.9 Å². The van der Waals surface area contributed by atoms with Crippen LogP contribution in [0.15, 0.2) is 28.2 Å². The molecule has 0 radical (unpaired) electrons. The minimum absolute atomic E-state index is 0.0921. The van der Waals surface area contributed by atoms with E-state index in [0.29, 0.717) is 17.8 Å². The smallest absolute Gasteiger partial charge is 0.370 e. The first-order valence-electron chi connectivity index (χ1n) is 9.72. The normalized spacial score (nSPS) is 28.9. The Balaban J connectivity index is 1.77. The summed E-state index contributed by atoms with van der Waals surface area (Å²) in [6.45, 7) is 4.02. The minimum Gasteiger partial charge on any atom is -0.370 e. The Kier molecular flexibility index (Phi) is 4.50. The van der Waals surface area contributed by atoms with Gasteiger partial charge in [0, 0.05) is 5.92 Å². The van der Waals surface area contributed by atoms with Crippen molar-refractivity contribution in [3.63, 3.8) is 0 Å². The van der Waals surface area contributed by atoms with Gasteiger partial charge < -0.3 is 11.1 Å². The third-order valence-electron chi connectivity index (χ3n) is 5.91. The zero-order valence-corrected chi connectivity index (χ0v) is 15.9. The molecular formula is C19H25F3N6. The summed E-state index contributed by atoms with van der Waals surface area (Å²) in [6.07, 6.45) is -0.227. The molecule has 28 heavy (non-hydrogen) atoms. The third kappa shape index (κ3) is 3.66. The minimum atomic E-state index is -4.53. The maximum atomic E-state index is 13.3. The van der Waals surface area contributed by atoms with Gasteiger partial charge in [0.05, 0.1) is 11.7 Å². The van der Waals surface area contributed by atoms with E-state index in [2.05, 4.69) is 25.6 Å². The number of nitrogens with zero attached hydrogens (tertiary/aromatic N) is 3. The van der Waals surface area contributed by atoms with Crippen LogP contribution in [0.1, 0.15) is 50.9 Å². The average molecular weight is 394 g/mol. The molecular weight excluding hydrogens is 369 g/mol. The topological polar surface area (TPSA) is 87.7 Å². The molecule has 0 bridgehead atoms. The first-order valence-corrected chi connectivity index (χ1v) is 9.72. The Labute approximate surface area is 161 Å². The average Bonchev–Trinajstić information content (AvgIpc) is 3.52. The Morgan fingerprint density at radius 3 is 2.46 bits per heavy atom. The summed E-state index contributed by atoms with van der Waals surface area (Å²) in [5, 5.41) is 6.20. The number of aliphatic imine (C=N–C) groups is 2. The van der Waals surface area contributed by atoms with Crippen molar-refractivity contribution >= 4 is 11.9 Å². The molecule has 3 unspecified atom stereocenters. The molecule has 2 aliphatic carbocycles. The van der Waals surface area contributed by atoms with Crippen LogP contribution in [0.4, 0.5) is 13.2 Å². The van der Waals surface area contributed by atoms with E-state index in [1.165, 1.54) is 6.07 Å². The standard InChI is InChI=1S/C19H25F3N6/c1-10(12-6-7-12)18(14-4-3-5-15(25-14)19(20,21)22)27-16(23)26-17(28-18)24-11(2)13-8-9-13/h3-5,10-13H,6-9H2,1-2H3,(H4,23,24,26,27,28). The van der Waals surface area contributed by atoms with Crippen molar-refractivity contribution < 1.29 is 13.2 Å². The maximum absolute atomic E-state index is 13.3. The molecule has 1 aromatic heterocycles. The first kappa shape index (κ1) is 19.0. The largest absolute Gasteiger partial charge is 0.433 e. The van der Waals surface area contributed by atoms with Crippen molar-refractivity contribution in [2.75, 3.05) is 0 Å². The van der Waals surface area contributed by atoms with Gasteiger partial charge in [-0.3, -0.25) is 5.32 Å². The van der Waals surface area contributed by atoms with E-state index in [4.69, 9.17) is 5.73 Å². The highest BCUT2D eigenvalue weighted by molar-refractivity contribution is 6.00. The summed E-state index contributed by atoms with van der Waals surface area (Å²) in [5.74, 6) is 1.37. The van der Waals surface area contributed by atoms with Gasteiger partial charge in [-0.2, -0.15) is 13.2 Å². The lowest BCUT2D eigenvalue weighted by Gasteiger charge is -2.40. The molecule has 1 aliphatic heterocycles. The van der Waals surface area contributed by atoms with E-state index in [1.54, 1.807) is 6.07 Å². The summed E-state index contributed by atoms with van der Waals surface area (Å²) in [4.78, 5) is 13.2. The Morgan fingerprint density at radius 2 is 1.86 bits per heavy atom. The maximum Gasteiger partial charge on any atom is 0.433 e. The van der Waals surface area contributed by atoms with Crippen LogP contribution in [0.2, 0.25) is 0 Å². The van der Waals surface area contributed by atoms with Crippen LogP contribution >= 0.6 is 0 Å². The molecule has 0 aromatic carbocycles. The van der Waals surface area contributed by atoms with Crippen LogP contribution < -0.4 is 16.4 Å². The van der Waals surface area contributed by atoms with Crippen LogP contribution in [-0.2, 0) is 11.8 Å². The van der Waals surface area contributed by atoms with Gasteiger partial charge >= 0.3 is 6.18 Å². The number of aromatic nitrogens is 1. The number of nitrogens with two attached hydrogens (primary N) is 1. The van der Waals surface area contributed by atoms with E-state index in [1.807, 2.05) is 13.8 Å². The zero-order chi connectivity index (χ0) is 20.1. The molecule has 2 saturated carbocycles. The number of halogens is 3. The van der Waals surface area contributed by atoms with E-state index < -0.39 is 17.5 Å². The van der Waals surface area contributed by atoms with Crippen LogP contribution in [0, 0.1) is 17.8 Å². The number of alkyl halides is 3. The highest BCUT2D eigenvalue weighted by atomic mass is 19.4. The van der Waals surface area contributed by atoms with Gasteiger partial charge in [0.25, 0.3) is 0 Å². The monoisotopic (exact) mass is 394 g/mol. The number of hydrogen-bond acceptors (Lipinski definition) is 4. The fourth-order valence-corrected chi connectivity index (χ4v) is 3.84. The van der Waals surface area contributed by atoms with Gasteiger partial charge in [-0.1, -0.05) is 13.0 Å². The first-order chi connectivity index (χ1) is 13.2. The summed E-state index contributed by atoms with van der Waals surface area (Å²) >= 11 is 0. The molecule has 152 valence electrons. The molecule has 3 atom stereocenters. The van der Waals surface area contributed by atoms with Crippen molar-refractivity contribution in [3.05, 3.63) is 29.6 Å². The molecule has 3 aliphatic rings. The summed E-state index contributed by atoms with van der Waals surface area (Å²) in [6, 6.07) is 4.01. The third-order valence-corrected chi connectivity index (χ3v) is 5.91. The Bertz CT molecular complexity index is 812. The fraction of sp³-hybridized carbons (Fsp3) is 0.632. The van der Waals surface area contributed by atoms with Crippen molar-refractivity contribution in [2.45, 2.75) is 57.4 Å². The lowest BCUT2D eigenvalue weighted by molar-refractivity contribution is -0.141. The number of hydrogen-bond donors (Lipinski definition) is 3. The van der Waals surface area contributed by atoms with Gasteiger partial charge in [-0.25, -0.2) is 15.0 Å². The van der Waals surface area contributed by atoms with E-state index >= 15 is 0 Å². The van der Waals surface area contributed by atoms with Gasteiger partial charge in [0.2, 0.25) is 5.96 Å². The van der Waals surface area contributed by atoms with Gasteiger partial charge in [0.15, 0.2) is 11.6 Å². The van der Waals surface area contributed by atoms with Crippen molar-refractivity contribution in [3.8, 4) is 0 Å². The highest BCUT2D eigenvalue weighted by Crippen LogP contribution is 2.47. The molecule has 0 saturated heterocycles. The van der Waals surface area contributed by atoms with Crippen molar-refractivity contribution in [1.29, 1.82) is 0 Å². The summed E-state index contributed by atoms with van der Waals surface area (Å²) < 4.78 is 39.8. The predicted octanol–water partition coefficient (Wildman–Crippen LogP) is 2.96. The molecule has 1 aromatic rings. The van der Waals surface area contributed by atoms with Crippen LogP contribution in [0.5, 0.6) is 0 Å². The highest BCUT2D eigenvalue weighted by Gasteiger charge is 2.49. The number of rotatable bonds is 5. The predicted molar refractivity (Wildman–Crippen MR) is 100 cm³/mol. The lowest BCUT2D eigenvalue weighted by atomic mass is 9.86. The van der Waals surface area contributed by atoms with Crippen molar-refractivity contribution in [2.24, 2.45) is 33.5 Å². The second-order valence-corrected chi connectivity index (χ2v) is 8.10. The fourth-order valence-electron chi connectivity index (χ4n) is 3.84.